The third-order valence-electron chi connectivity index (χ3n) is 2.54. The molecule has 0 saturated heterocycles. The lowest BCUT2D eigenvalue weighted by Gasteiger charge is -2.08. The fourth-order valence-corrected chi connectivity index (χ4v) is 1.63. The second kappa shape index (κ2) is 4.88. The number of methoxy groups -OCH3 is 1. The largest absolute Gasteiger partial charge is 0.495 e. The maximum absolute atomic E-state index is 8.97. The van der Waals surface area contributed by atoms with Crippen molar-refractivity contribution in [2.75, 3.05) is 19.5 Å². The van der Waals surface area contributed by atoms with E-state index in [4.69, 9.17) is 9.84 Å². The average molecular weight is 233 g/mol. The zero-order chi connectivity index (χ0) is 12.3. The summed E-state index contributed by atoms with van der Waals surface area (Å²) in [4.78, 5) is 7.23. The van der Waals surface area contributed by atoms with Gasteiger partial charge in [0.1, 0.15) is 11.6 Å². The molecule has 0 radical (unpaired) electrons. The standard InChI is InChI=1S/C12H15N3O2/c1-13-10-4-3-8(5-11(10)17-2)12-14-6-9(7-16)15-12/h3-6,13,16H,7H2,1-2H3,(H,14,15). The third kappa shape index (κ3) is 2.24. The van der Waals surface area contributed by atoms with Crippen molar-refractivity contribution >= 4 is 5.69 Å². The SMILES string of the molecule is CNc1ccc(-c2ncc(CO)[nH]2)cc1OC. The second-order valence-corrected chi connectivity index (χ2v) is 3.58. The van der Waals surface area contributed by atoms with Crippen molar-refractivity contribution in [3.8, 4) is 17.1 Å². The predicted octanol–water partition coefficient (Wildman–Crippen LogP) is 1.62. The lowest BCUT2D eigenvalue weighted by Crippen LogP contribution is -1.94. The Morgan fingerprint density at radius 3 is 2.88 bits per heavy atom. The monoisotopic (exact) mass is 233 g/mol. The number of nitrogens with one attached hydrogen (secondary N) is 2. The molecule has 2 rings (SSSR count). The molecular formula is C12H15N3O2. The molecule has 3 N–H and O–H groups in total. The highest BCUT2D eigenvalue weighted by Crippen LogP contribution is 2.29. The number of ether oxygens (including phenoxy) is 1. The minimum atomic E-state index is -0.0429. The van der Waals surface area contributed by atoms with E-state index < -0.39 is 0 Å². The van der Waals surface area contributed by atoms with Crippen LogP contribution in [0.5, 0.6) is 5.75 Å². The minimum Gasteiger partial charge on any atom is -0.495 e. The van der Waals surface area contributed by atoms with Gasteiger partial charge >= 0.3 is 0 Å². The van der Waals surface area contributed by atoms with Crippen LogP contribution in [0, 0.1) is 0 Å². The number of H-pyrrole nitrogens is 1. The number of imidazole rings is 1. The van der Waals surface area contributed by atoms with E-state index in [1.807, 2.05) is 25.2 Å². The first-order valence-corrected chi connectivity index (χ1v) is 5.29. The zero-order valence-corrected chi connectivity index (χ0v) is 9.82. The fraction of sp³-hybridized carbons (Fsp3) is 0.250. The van der Waals surface area contributed by atoms with E-state index in [9.17, 15) is 0 Å². The number of benzene rings is 1. The molecule has 5 nitrogen and oxygen atoms in total. The maximum atomic E-state index is 8.97. The number of aliphatic hydroxyl groups is 1. The molecule has 90 valence electrons. The van der Waals surface area contributed by atoms with Gasteiger partial charge in [-0.2, -0.15) is 0 Å². The average Bonchev–Trinajstić information content (AvgIpc) is 2.86. The summed E-state index contributed by atoms with van der Waals surface area (Å²) in [7, 11) is 3.47. The van der Waals surface area contributed by atoms with E-state index in [-0.39, 0.29) is 6.61 Å². The van der Waals surface area contributed by atoms with Crippen molar-refractivity contribution in [2.45, 2.75) is 6.61 Å². The van der Waals surface area contributed by atoms with Crippen LogP contribution in [0.2, 0.25) is 0 Å². The highest BCUT2D eigenvalue weighted by molar-refractivity contribution is 5.67. The molecule has 1 aromatic heterocycles. The summed E-state index contributed by atoms with van der Waals surface area (Å²) in [5.41, 5.74) is 2.53. The summed E-state index contributed by atoms with van der Waals surface area (Å²) in [6, 6.07) is 5.76. The number of rotatable bonds is 4. The van der Waals surface area contributed by atoms with Gasteiger partial charge in [-0.25, -0.2) is 4.98 Å². The number of hydrogen-bond acceptors (Lipinski definition) is 4. The Labute approximate surface area is 99.5 Å². The Kier molecular flexibility index (Phi) is 3.30. The van der Waals surface area contributed by atoms with Crippen LogP contribution in [0.25, 0.3) is 11.4 Å². The first-order valence-electron chi connectivity index (χ1n) is 5.29. The Balaban J connectivity index is 2.38. The van der Waals surface area contributed by atoms with E-state index in [0.29, 0.717) is 5.69 Å². The first kappa shape index (κ1) is 11.5. The molecule has 2 aromatic rings. The van der Waals surface area contributed by atoms with Gasteiger partial charge in [-0.15, -0.1) is 0 Å². The number of aromatic nitrogens is 2. The molecule has 0 amide bonds. The summed E-state index contributed by atoms with van der Waals surface area (Å²) in [6.07, 6.45) is 1.62. The third-order valence-corrected chi connectivity index (χ3v) is 2.54. The molecule has 0 aliphatic heterocycles. The topological polar surface area (TPSA) is 70.2 Å². The number of aliphatic hydroxyl groups excluding tert-OH is 1. The second-order valence-electron chi connectivity index (χ2n) is 3.58. The number of aromatic amines is 1. The van der Waals surface area contributed by atoms with Crippen molar-refractivity contribution in [1.82, 2.24) is 9.97 Å². The van der Waals surface area contributed by atoms with E-state index in [0.717, 1.165) is 22.8 Å². The lowest BCUT2D eigenvalue weighted by molar-refractivity contribution is 0.277. The Morgan fingerprint density at radius 1 is 1.47 bits per heavy atom. The van der Waals surface area contributed by atoms with Crippen molar-refractivity contribution in [3.63, 3.8) is 0 Å². The van der Waals surface area contributed by atoms with E-state index in [1.165, 1.54) is 0 Å². The molecule has 0 saturated carbocycles. The van der Waals surface area contributed by atoms with E-state index >= 15 is 0 Å². The lowest BCUT2D eigenvalue weighted by atomic mass is 10.2. The molecular weight excluding hydrogens is 218 g/mol. The molecule has 0 aliphatic rings. The van der Waals surface area contributed by atoms with Crippen molar-refractivity contribution in [1.29, 1.82) is 0 Å². The van der Waals surface area contributed by atoms with E-state index in [2.05, 4.69) is 15.3 Å². The van der Waals surface area contributed by atoms with Crippen LogP contribution in [-0.2, 0) is 6.61 Å². The van der Waals surface area contributed by atoms with Gasteiger partial charge in [0, 0.05) is 12.6 Å². The Morgan fingerprint density at radius 2 is 2.29 bits per heavy atom. The number of anilines is 1. The van der Waals surface area contributed by atoms with Crippen LogP contribution < -0.4 is 10.1 Å². The van der Waals surface area contributed by atoms with Crippen LogP contribution in [0.3, 0.4) is 0 Å². The van der Waals surface area contributed by atoms with Gasteiger partial charge in [0.25, 0.3) is 0 Å². The fourth-order valence-electron chi connectivity index (χ4n) is 1.63. The highest BCUT2D eigenvalue weighted by Gasteiger charge is 2.07. The van der Waals surface area contributed by atoms with Gasteiger partial charge in [0.05, 0.1) is 31.3 Å². The first-order chi connectivity index (χ1) is 8.28. The summed E-state index contributed by atoms with van der Waals surface area (Å²) in [6.45, 7) is -0.0429. The zero-order valence-electron chi connectivity index (χ0n) is 9.82. The predicted molar refractivity (Wildman–Crippen MR) is 66.0 cm³/mol. The van der Waals surface area contributed by atoms with Gasteiger partial charge in [0.15, 0.2) is 0 Å². The van der Waals surface area contributed by atoms with Gasteiger partial charge in [-0.05, 0) is 18.2 Å². The van der Waals surface area contributed by atoms with Gasteiger partial charge < -0.3 is 20.1 Å². The molecule has 5 heteroatoms. The molecule has 1 aromatic carbocycles. The van der Waals surface area contributed by atoms with Crippen LogP contribution in [0.15, 0.2) is 24.4 Å². The highest BCUT2D eigenvalue weighted by atomic mass is 16.5. The van der Waals surface area contributed by atoms with Crippen LogP contribution in [0.4, 0.5) is 5.69 Å². The van der Waals surface area contributed by atoms with Crippen molar-refractivity contribution in [3.05, 3.63) is 30.1 Å². The normalized spacial score (nSPS) is 10.3. The summed E-state index contributed by atoms with van der Waals surface area (Å²) in [5, 5.41) is 12.0. The Bertz CT molecular complexity index is 508. The van der Waals surface area contributed by atoms with Crippen LogP contribution >= 0.6 is 0 Å². The quantitative estimate of drug-likeness (QED) is 0.750. The van der Waals surface area contributed by atoms with Gasteiger partial charge in [-0.1, -0.05) is 0 Å². The van der Waals surface area contributed by atoms with E-state index in [1.54, 1.807) is 13.3 Å². The molecule has 0 atom stereocenters. The number of nitrogens with zero attached hydrogens (tertiary/aromatic N) is 1. The van der Waals surface area contributed by atoms with Gasteiger partial charge in [0.2, 0.25) is 0 Å². The molecule has 0 fully saturated rings. The van der Waals surface area contributed by atoms with Gasteiger partial charge in [-0.3, -0.25) is 0 Å². The van der Waals surface area contributed by atoms with Crippen molar-refractivity contribution in [2.24, 2.45) is 0 Å². The van der Waals surface area contributed by atoms with Crippen LogP contribution in [0.1, 0.15) is 5.69 Å². The molecule has 0 aliphatic carbocycles. The minimum absolute atomic E-state index is 0.0429. The summed E-state index contributed by atoms with van der Waals surface area (Å²) in [5.74, 6) is 1.47. The Hall–Kier alpha value is -2.01. The number of hydrogen-bond donors (Lipinski definition) is 3. The smallest absolute Gasteiger partial charge is 0.142 e. The van der Waals surface area contributed by atoms with Crippen LogP contribution in [-0.4, -0.2) is 29.2 Å². The molecule has 0 unspecified atom stereocenters. The molecule has 0 spiro atoms. The summed E-state index contributed by atoms with van der Waals surface area (Å²) < 4.78 is 5.28. The summed E-state index contributed by atoms with van der Waals surface area (Å²) >= 11 is 0. The molecule has 17 heavy (non-hydrogen) atoms. The maximum Gasteiger partial charge on any atom is 0.142 e. The molecule has 1 heterocycles. The molecule has 0 bridgehead atoms. The van der Waals surface area contributed by atoms with Crippen molar-refractivity contribution < 1.29 is 9.84 Å².